The highest BCUT2D eigenvalue weighted by Gasteiger charge is 2.18. The molecule has 0 N–H and O–H groups in total. The van der Waals surface area contributed by atoms with Crippen LogP contribution in [0.2, 0.25) is 0 Å². The Labute approximate surface area is 123 Å². The molecule has 2 aromatic rings. The van der Waals surface area contributed by atoms with E-state index in [0.29, 0.717) is 22.8 Å². The molecule has 0 bridgehead atoms. The lowest BCUT2D eigenvalue weighted by Crippen LogP contribution is -2.00. The zero-order valence-electron chi connectivity index (χ0n) is 10.3. The molecule has 1 aromatic carbocycles. The number of aldehydes is 1. The van der Waals surface area contributed by atoms with Gasteiger partial charge in [-0.3, -0.25) is 9.78 Å². The molecule has 0 amide bonds. The van der Waals surface area contributed by atoms with Crippen LogP contribution in [0.3, 0.4) is 0 Å². The highest BCUT2D eigenvalue weighted by Crippen LogP contribution is 2.37. The largest absolute Gasteiger partial charge is 0.486 e. The van der Waals surface area contributed by atoms with Crippen molar-refractivity contribution in [3.8, 4) is 17.2 Å². The summed E-state index contributed by atoms with van der Waals surface area (Å²) in [4.78, 5) is 15.3. The van der Waals surface area contributed by atoms with E-state index in [1.54, 1.807) is 18.3 Å². The van der Waals surface area contributed by atoms with Crippen molar-refractivity contribution in [1.82, 2.24) is 4.98 Å². The van der Waals surface area contributed by atoms with E-state index in [1.165, 1.54) is 0 Å². The highest BCUT2D eigenvalue weighted by atomic mass is 79.9. The molecule has 2 heterocycles. The molecule has 3 rings (SSSR count). The first-order chi connectivity index (χ1) is 9.76. The van der Waals surface area contributed by atoms with Gasteiger partial charge in [-0.2, -0.15) is 0 Å². The molecule has 0 spiro atoms. The molecule has 0 aliphatic carbocycles. The van der Waals surface area contributed by atoms with Crippen molar-refractivity contribution in [2.24, 2.45) is 0 Å². The summed E-state index contributed by atoms with van der Waals surface area (Å²) in [5.74, 6) is 1.59. The Hall–Kier alpha value is -2.08. The summed E-state index contributed by atoms with van der Waals surface area (Å²) in [5, 5.41) is 0. The molecule has 6 heteroatoms. The lowest BCUT2D eigenvalue weighted by molar-refractivity contribution is 0.111. The fourth-order valence-electron chi connectivity index (χ4n) is 1.80. The molecule has 5 nitrogen and oxygen atoms in total. The van der Waals surface area contributed by atoms with Gasteiger partial charge < -0.3 is 14.2 Å². The van der Waals surface area contributed by atoms with E-state index in [1.807, 2.05) is 12.1 Å². The topological polar surface area (TPSA) is 57.7 Å². The zero-order valence-corrected chi connectivity index (χ0v) is 11.9. The average Bonchev–Trinajstić information content (AvgIpc) is 2.92. The molecule has 0 atom stereocenters. The summed E-state index contributed by atoms with van der Waals surface area (Å²) in [6.07, 6.45) is 2.42. The highest BCUT2D eigenvalue weighted by molar-refractivity contribution is 9.10. The first-order valence-electron chi connectivity index (χ1n) is 5.88. The maximum atomic E-state index is 11.1. The van der Waals surface area contributed by atoms with Gasteiger partial charge in [-0.1, -0.05) is 0 Å². The lowest BCUT2D eigenvalue weighted by Gasteiger charge is -2.09. The minimum atomic E-state index is 0.158. The number of nitrogens with zero attached hydrogens (tertiary/aromatic N) is 1. The molecule has 0 fully saturated rings. The third-order valence-corrected chi connectivity index (χ3v) is 3.27. The third-order valence-electron chi connectivity index (χ3n) is 2.80. The summed E-state index contributed by atoms with van der Waals surface area (Å²) in [7, 11) is 0. The summed E-state index contributed by atoms with van der Waals surface area (Å²) in [6.45, 7) is 0.430. The van der Waals surface area contributed by atoms with E-state index in [4.69, 9.17) is 14.2 Å². The number of carbonyl (C=O) groups is 1. The van der Waals surface area contributed by atoms with Crippen LogP contribution in [0.5, 0.6) is 17.2 Å². The molecule has 0 saturated carbocycles. The first-order valence-corrected chi connectivity index (χ1v) is 6.67. The number of hydrogen-bond donors (Lipinski definition) is 0. The van der Waals surface area contributed by atoms with Crippen LogP contribution in [0.25, 0.3) is 0 Å². The predicted octanol–water partition coefficient (Wildman–Crippen LogP) is 2.96. The summed E-state index contributed by atoms with van der Waals surface area (Å²) in [5.41, 5.74) is 1.19. The van der Waals surface area contributed by atoms with Gasteiger partial charge in [0.1, 0.15) is 12.4 Å². The monoisotopic (exact) mass is 335 g/mol. The van der Waals surface area contributed by atoms with Crippen molar-refractivity contribution in [2.45, 2.75) is 6.61 Å². The predicted molar refractivity (Wildman–Crippen MR) is 74.2 cm³/mol. The van der Waals surface area contributed by atoms with Gasteiger partial charge in [-0.25, -0.2) is 0 Å². The second-order valence-electron chi connectivity index (χ2n) is 4.12. The Morgan fingerprint density at radius 1 is 1.30 bits per heavy atom. The fourth-order valence-corrected chi connectivity index (χ4v) is 2.03. The van der Waals surface area contributed by atoms with Crippen LogP contribution in [-0.4, -0.2) is 18.1 Å². The van der Waals surface area contributed by atoms with E-state index in [0.717, 1.165) is 16.5 Å². The van der Waals surface area contributed by atoms with Crippen molar-refractivity contribution < 1.29 is 19.0 Å². The van der Waals surface area contributed by atoms with Crippen molar-refractivity contribution in [3.63, 3.8) is 0 Å². The van der Waals surface area contributed by atoms with Crippen LogP contribution in [0.15, 0.2) is 34.9 Å². The van der Waals surface area contributed by atoms with Gasteiger partial charge in [-0.15, -0.1) is 0 Å². The molecule has 0 saturated heterocycles. The fraction of sp³-hybridized carbons (Fsp3) is 0.143. The molecule has 1 aliphatic rings. The maximum Gasteiger partial charge on any atom is 0.231 e. The molecule has 1 aromatic heterocycles. The van der Waals surface area contributed by atoms with Gasteiger partial charge in [0.05, 0.1) is 11.3 Å². The number of rotatable bonds is 4. The molecule has 20 heavy (non-hydrogen) atoms. The molecule has 0 radical (unpaired) electrons. The summed E-state index contributed by atoms with van der Waals surface area (Å²) in [6, 6.07) is 6.99. The van der Waals surface area contributed by atoms with Gasteiger partial charge in [-0.05, 0) is 34.1 Å². The third kappa shape index (κ3) is 2.60. The Balaban J connectivity index is 1.80. The van der Waals surface area contributed by atoms with Crippen LogP contribution in [0, 0.1) is 0 Å². The molecular formula is C14H10BrNO4. The molecular weight excluding hydrogens is 326 g/mol. The molecule has 1 aliphatic heterocycles. The Bertz CT molecular complexity index is 642. The van der Waals surface area contributed by atoms with Crippen molar-refractivity contribution >= 4 is 22.2 Å². The zero-order chi connectivity index (χ0) is 13.9. The quantitative estimate of drug-likeness (QED) is 0.804. The normalized spacial score (nSPS) is 12.2. The minimum absolute atomic E-state index is 0.158. The van der Waals surface area contributed by atoms with Crippen molar-refractivity contribution in [3.05, 3.63) is 46.2 Å². The number of hydrogen-bond acceptors (Lipinski definition) is 5. The van der Waals surface area contributed by atoms with Crippen molar-refractivity contribution in [2.75, 3.05) is 6.79 Å². The Kier molecular flexibility index (Phi) is 3.56. The standard InChI is InChI=1S/C14H10BrNO4/c15-10-1-2-11(16-5-10)7-18-12-4-14-13(19-8-20-14)3-9(12)6-17/h1-6H,7-8H2. The number of fused-ring (bicyclic) bond motifs is 1. The van der Waals surface area contributed by atoms with E-state index >= 15 is 0 Å². The van der Waals surface area contributed by atoms with Crippen LogP contribution in [0.4, 0.5) is 0 Å². The van der Waals surface area contributed by atoms with E-state index in [-0.39, 0.29) is 13.4 Å². The minimum Gasteiger partial charge on any atom is -0.486 e. The Morgan fingerprint density at radius 3 is 2.80 bits per heavy atom. The van der Waals surface area contributed by atoms with E-state index in [9.17, 15) is 4.79 Å². The second-order valence-corrected chi connectivity index (χ2v) is 5.03. The van der Waals surface area contributed by atoms with E-state index in [2.05, 4.69) is 20.9 Å². The van der Waals surface area contributed by atoms with Gasteiger partial charge in [0, 0.05) is 16.7 Å². The molecule has 0 unspecified atom stereocenters. The van der Waals surface area contributed by atoms with Gasteiger partial charge in [0.15, 0.2) is 17.8 Å². The van der Waals surface area contributed by atoms with Crippen LogP contribution < -0.4 is 14.2 Å². The maximum absolute atomic E-state index is 11.1. The average molecular weight is 336 g/mol. The SMILES string of the molecule is O=Cc1cc2c(cc1OCc1ccc(Br)cn1)OCO2. The summed E-state index contributed by atoms with van der Waals surface area (Å²) >= 11 is 3.32. The summed E-state index contributed by atoms with van der Waals surface area (Å²) < 4.78 is 17.0. The van der Waals surface area contributed by atoms with Gasteiger partial charge in [0.25, 0.3) is 0 Å². The van der Waals surface area contributed by atoms with Crippen LogP contribution >= 0.6 is 15.9 Å². The van der Waals surface area contributed by atoms with Crippen LogP contribution in [-0.2, 0) is 6.61 Å². The van der Waals surface area contributed by atoms with Crippen LogP contribution in [0.1, 0.15) is 16.1 Å². The van der Waals surface area contributed by atoms with Gasteiger partial charge in [0.2, 0.25) is 6.79 Å². The molecule has 102 valence electrons. The number of ether oxygens (including phenoxy) is 3. The van der Waals surface area contributed by atoms with Gasteiger partial charge >= 0.3 is 0 Å². The lowest BCUT2D eigenvalue weighted by atomic mass is 10.2. The van der Waals surface area contributed by atoms with E-state index < -0.39 is 0 Å². The Morgan fingerprint density at radius 2 is 2.10 bits per heavy atom. The number of benzene rings is 1. The van der Waals surface area contributed by atoms with Crippen molar-refractivity contribution in [1.29, 1.82) is 0 Å². The number of halogens is 1. The first kappa shape index (κ1) is 12.9. The number of pyridine rings is 1. The smallest absolute Gasteiger partial charge is 0.231 e. The number of carbonyl (C=O) groups excluding carboxylic acids is 1. The number of aromatic nitrogens is 1. The second kappa shape index (κ2) is 5.50.